The molecule has 18 heavy (non-hydrogen) atoms. The number of nitrogen functional groups attached to an aromatic ring is 1. The van der Waals surface area contributed by atoms with E-state index in [4.69, 9.17) is 11.1 Å². The molecule has 0 fully saturated rings. The molecule has 5 nitrogen and oxygen atoms in total. The van der Waals surface area contributed by atoms with Crippen LogP contribution in [0.15, 0.2) is 49.8 Å². The second-order valence-electron chi connectivity index (χ2n) is 3.40. The average molecular weight is 325 g/mol. The van der Waals surface area contributed by atoms with Gasteiger partial charge in [-0.3, -0.25) is 10.2 Å². The highest BCUT2D eigenvalue weighted by molar-refractivity contribution is 9.10. The van der Waals surface area contributed by atoms with Gasteiger partial charge in [0.05, 0.1) is 0 Å². The lowest BCUT2D eigenvalue weighted by atomic mass is 10.2. The largest absolute Gasteiger partial charge is 0.384 e. The zero-order valence-electron chi connectivity index (χ0n) is 9.11. The number of aromatic amines is 1. The van der Waals surface area contributed by atoms with Crippen LogP contribution in [0.3, 0.4) is 0 Å². The van der Waals surface area contributed by atoms with E-state index in [9.17, 15) is 4.79 Å². The summed E-state index contributed by atoms with van der Waals surface area (Å²) in [5.74, 6) is -0.0247. The van der Waals surface area contributed by atoms with Crippen LogP contribution in [0.25, 0.3) is 0 Å². The molecule has 0 spiro atoms. The van der Waals surface area contributed by atoms with E-state index in [2.05, 4.69) is 25.9 Å². The minimum atomic E-state index is -0.216. The lowest BCUT2D eigenvalue weighted by Crippen LogP contribution is -2.12. The third-order valence-electron chi connectivity index (χ3n) is 2.09. The Morgan fingerprint density at radius 2 is 2.22 bits per heavy atom. The molecular weight excluding hydrogens is 316 g/mol. The van der Waals surface area contributed by atoms with E-state index in [0.717, 1.165) is 9.37 Å². The maximum atomic E-state index is 11.2. The second kappa shape index (κ2) is 5.36. The summed E-state index contributed by atoms with van der Waals surface area (Å²) in [7, 11) is 0. The Bertz CT molecular complexity index is 655. The number of amidine groups is 1. The SMILES string of the molecule is N=C(N)c1ccc(Br)cc1Sc1nccc(=O)[nH]1. The van der Waals surface area contributed by atoms with E-state index < -0.39 is 0 Å². The van der Waals surface area contributed by atoms with Crippen LogP contribution in [0.5, 0.6) is 0 Å². The van der Waals surface area contributed by atoms with Crippen molar-refractivity contribution in [1.29, 1.82) is 5.41 Å². The van der Waals surface area contributed by atoms with Crippen LogP contribution in [-0.2, 0) is 0 Å². The topological polar surface area (TPSA) is 95.6 Å². The molecule has 0 amide bonds. The van der Waals surface area contributed by atoms with E-state index >= 15 is 0 Å². The number of nitrogens with one attached hydrogen (secondary N) is 2. The molecule has 7 heteroatoms. The van der Waals surface area contributed by atoms with Gasteiger partial charge >= 0.3 is 0 Å². The zero-order chi connectivity index (χ0) is 13.1. The van der Waals surface area contributed by atoms with Crippen molar-refractivity contribution < 1.29 is 0 Å². The summed E-state index contributed by atoms with van der Waals surface area (Å²) < 4.78 is 0.869. The third-order valence-corrected chi connectivity index (χ3v) is 3.54. The van der Waals surface area contributed by atoms with Gasteiger partial charge in [0.25, 0.3) is 5.56 Å². The van der Waals surface area contributed by atoms with Gasteiger partial charge in [0, 0.05) is 27.2 Å². The molecule has 4 N–H and O–H groups in total. The summed E-state index contributed by atoms with van der Waals surface area (Å²) in [6.07, 6.45) is 1.44. The van der Waals surface area contributed by atoms with Gasteiger partial charge in [-0.25, -0.2) is 4.98 Å². The van der Waals surface area contributed by atoms with E-state index in [-0.39, 0.29) is 11.4 Å². The van der Waals surface area contributed by atoms with E-state index in [0.29, 0.717) is 10.7 Å². The minimum Gasteiger partial charge on any atom is -0.384 e. The number of hydrogen-bond donors (Lipinski definition) is 3. The molecular formula is C11H9BrN4OS. The summed E-state index contributed by atoms with van der Waals surface area (Å²) in [6.45, 7) is 0. The number of hydrogen-bond acceptors (Lipinski definition) is 4. The number of rotatable bonds is 3. The molecule has 0 saturated carbocycles. The van der Waals surface area contributed by atoms with Crippen molar-refractivity contribution in [3.8, 4) is 0 Å². The smallest absolute Gasteiger partial charge is 0.251 e. The molecule has 1 aromatic carbocycles. The van der Waals surface area contributed by atoms with Crippen molar-refractivity contribution >= 4 is 33.5 Å². The van der Waals surface area contributed by atoms with Crippen molar-refractivity contribution in [1.82, 2.24) is 9.97 Å². The highest BCUT2D eigenvalue weighted by atomic mass is 79.9. The Labute approximate surface area is 115 Å². The summed E-state index contributed by atoms with van der Waals surface area (Å²) in [5.41, 5.74) is 5.90. The summed E-state index contributed by atoms with van der Waals surface area (Å²) >= 11 is 4.61. The fourth-order valence-corrected chi connectivity index (χ4v) is 2.77. The molecule has 92 valence electrons. The minimum absolute atomic E-state index is 0.0247. The van der Waals surface area contributed by atoms with Crippen LogP contribution < -0.4 is 11.3 Å². The Morgan fingerprint density at radius 1 is 1.44 bits per heavy atom. The molecule has 2 aromatic rings. The molecule has 0 saturated heterocycles. The van der Waals surface area contributed by atoms with Crippen LogP contribution >= 0.6 is 27.7 Å². The molecule has 0 aliphatic heterocycles. The molecule has 0 unspecified atom stereocenters. The van der Waals surface area contributed by atoms with Crippen molar-refractivity contribution in [3.63, 3.8) is 0 Å². The van der Waals surface area contributed by atoms with Gasteiger partial charge in [-0.15, -0.1) is 0 Å². The van der Waals surface area contributed by atoms with Crippen LogP contribution in [0, 0.1) is 5.41 Å². The fourth-order valence-electron chi connectivity index (χ4n) is 1.31. The molecule has 2 rings (SSSR count). The number of H-pyrrole nitrogens is 1. The predicted octanol–water partition coefficient (Wildman–Crippen LogP) is 1.97. The summed E-state index contributed by atoms with van der Waals surface area (Å²) in [6, 6.07) is 6.73. The molecule has 0 bridgehead atoms. The molecule has 0 radical (unpaired) electrons. The Kier molecular flexibility index (Phi) is 3.83. The van der Waals surface area contributed by atoms with Gasteiger partial charge in [0.2, 0.25) is 0 Å². The fraction of sp³-hybridized carbons (Fsp3) is 0. The molecule has 0 aliphatic rings. The Hall–Kier alpha value is -1.60. The first-order chi connectivity index (χ1) is 8.56. The van der Waals surface area contributed by atoms with Crippen molar-refractivity contribution in [2.75, 3.05) is 0 Å². The number of aromatic nitrogens is 2. The Morgan fingerprint density at radius 3 is 2.89 bits per heavy atom. The Balaban J connectivity index is 2.42. The number of halogens is 1. The lowest BCUT2D eigenvalue weighted by molar-refractivity contribution is 0.936. The maximum Gasteiger partial charge on any atom is 0.251 e. The molecule has 1 aromatic heterocycles. The van der Waals surface area contributed by atoms with Crippen LogP contribution in [0.2, 0.25) is 0 Å². The van der Waals surface area contributed by atoms with Gasteiger partial charge < -0.3 is 10.7 Å². The highest BCUT2D eigenvalue weighted by Crippen LogP contribution is 2.29. The summed E-state index contributed by atoms with van der Waals surface area (Å²) in [4.78, 5) is 18.6. The monoisotopic (exact) mass is 324 g/mol. The van der Waals surface area contributed by atoms with Gasteiger partial charge in [0.15, 0.2) is 5.16 Å². The van der Waals surface area contributed by atoms with Crippen LogP contribution in [0.1, 0.15) is 5.56 Å². The quantitative estimate of drug-likeness (QED) is 0.457. The number of benzene rings is 1. The van der Waals surface area contributed by atoms with Crippen molar-refractivity contribution in [2.45, 2.75) is 10.1 Å². The van der Waals surface area contributed by atoms with Gasteiger partial charge in [-0.1, -0.05) is 27.7 Å². The standard InChI is InChI=1S/C11H9BrN4OS/c12-6-1-2-7(10(13)14)8(5-6)18-11-15-4-3-9(17)16-11/h1-5H,(H3,13,14)(H,15,16,17). The predicted molar refractivity (Wildman–Crippen MR) is 74.1 cm³/mol. The molecule has 0 aliphatic carbocycles. The zero-order valence-corrected chi connectivity index (χ0v) is 11.5. The lowest BCUT2D eigenvalue weighted by Gasteiger charge is -2.07. The summed E-state index contributed by atoms with van der Waals surface area (Å²) in [5, 5.41) is 7.97. The molecule has 1 heterocycles. The maximum absolute atomic E-state index is 11.2. The first-order valence-corrected chi connectivity index (χ1v) is 6.54. The number of nitrogens with zero attached hydrogens (tertiary/aromatic N) is 1. The number of nitrogens with two attached hydrogens (primary N) is 1. The first-order valence-electron chi connectivity index (χ1n) is 4.93. The second-order valence-corrected chi connectivity index (χ2v) is 5.34. The third kappa shape index (κ3) is 2.99. The van der Waals surface area contributed by atoms with Gasteiger partial charge in [0.1, 0.15) is 5.84 Å². The highest BCUT2D eigenvalue weighted by Gasteiger charge is 2.09. The van der Waals surface area contributed by atoms with Crippen LogP contribution in [0.4, 0.5) is 0 Å². The normalized spacial score (nSPS) is 10.3. The van der Waals surface area contributed by atoms with Gasteiger partial charge in [-0.2, -0.15) is 0 Å². The van der Waals surface area contributed by atoms with E-state index in [1.54, 1.807) is 6.07 Å². The molecule has 0 atom stereocenters. The first kappa shape index (κ1) is 12.8. The van der Waals surface area contributed by atoms with E-state index in [1.807, 2.05) is 12.1 Å². The van der Waals surface area contributed by atoms with E-state index in [1.165, 1.54) is 24.0 Å². The van der Waals surface area contributed by atoms with Crippen molar-refractivity contribution in [3.05, 3.63) is 50.9 Å². The van der Waals surface area contributed by atoms with Crippen LogP contribution in [-0.4, -0.2) is 15.8 Å². The van der Waals surface area contributed by atoms with Crippen molar-refractivity contribution in [2.24, 2.45) is 5.73 Å². The average Bonchev–Trinajstić information content (AvgIpc) is 2.28. The van der Waals surface area contributed by atoms with Gasteiger partial charge in [-0.05, 0) is 18.2 Å².